The van der Waals surface area contributed by atoms with Gasteiger partial charge in [0.2, 0.25) is 0 Å². The zero-order valence-electron chi connectivity index (χ0n) is 19.3. The molecule has 1 heterocycles. The molecule has 5 aromatic rings. The van der Waals surface area contributed by atoms with Crippen LogP contribution in [0.25, 0.3) is 11.3 Å². The van der Waals surface area contributed by atoms with Crippen LogP contribution in [0.1, 0.15) is 16.7 Å². The first-order valence-corrected chi connectivity index (χ1v) is 11.4. The van der Waals surface area contributed by atoms with Crippen molar-refractivity contribution in [2.45, 2.75) is 5.54 Å². The second-order valence-electron chi connectivity index (χ2n) is 8.29. The van der Waals surface area contributed by atoms with Crippen LogP contribution in [-0.4, -0.2) is 34.1 Å². The van der Waals surface area contributed by atoms with E-state index in [0.29, 0.717) is 16.9 Å². The first kappa shape index (κ1) is 22.7. The largest absolute Gasteiger partial charge is 0.497 e. The van der Waals surface area contributed by atoms with Crippen LogP contribution in [0.3, 0.4) is 0 Å². The van der Waals surface area contributed by atoms with Gasteiger partial charge >= 0.3 is 7.12 Å². The Labute approximate surface area is 205 Å². The molecule has 6 heteroatoms. The van der Waals surface area contributed by atoms with E-state index in [2.05, 4.69) is 36.4 Å². The number of methoxy groups -OCH3 is 1. The van der Waals surface area contributed by atoms with Crippen molar-refractivity contribution >= 4 is 12.6 Å². The summed E-state index contributed by atoms with van der Waals surface area (Å²) in [5, 5.41) is 25.7. The van der Waals surface area contributed by atoms with Gasteiger partial charge in [0.05, 0.1) is 12.8 Å². The lowest BCUT2D eigenvalue weighted by atomic mass is 9.76. The van der Waals surface area contributed by atoms with E-state index in [9.17, 15) is 10.0 Å². The number of aromatic nitrogens is 2. The second kappa shape index (κ2) is 9.62. The molecular formula is C29H25BN2O3. The topological polar surface area (TPSA) is 67.5 Å². The van der Waals surface area contributed by atoms with E-state index in [1.807, 2.05) is 83.5 Å². The van der Waals surface area contributed by atoms with Crippen LogP contribution in [-0.2, 0) is 5.54 Å². The van der Waals surface area contributed by atoms with Gasteiger partial charge in [-0.05, 0) is 41.0 Å². The quantitative estimate of drug-likeness (QED) is 0.284. The number of rotatable bonds is 7. The lowest BCUT2D eigenvalue weighted by Crippen LogP contribution is -2.39. The highest BCUT2D eigenvalue weighted by Crippen LogP contribution is 2.40. The average Bonchev–Trinajstić information content (AvgIpc) is 3.37. The number of nitrogens with zero attached hydrogens (tertiary/aromatic N) is 2. The highest BCUT2D eigenvalue weighted by molar-refractivity contribution is 6.60. The third-order valence-electron chi connectivity index (χ3n) is 6.30. The van der Waals surface area contributed by atoms with E-state index in [4.69, 9.17) is 9.84 Å². The van der Waals surface area contributed by atoms with E-state index < -0.39 is 12.7 Å². The van der Waals surface area contributed by atoms with Crippen molar-refractivity contribution in [3.63, 3.8) is 0 Å². The Balaban J connectivity index is 1.84. The molecule has 4 aromatic carbocycles. The summed E-state index contributed by atoms with van der Waals surface area (Å²) in [7, 11) is -0.0820. The van der Waals surface area contributed by atoms with Crippen molar-refractivity contribution in [3.05, 3.63) is 138 Å². The summed E-state index contributed by atoms with van der Waals surface area (Å²) in [5.41, 5.74) is 3.73. The highest BCUT2D eigenvalue weighted by Gasteiger charge is 2.40. The van der Waals surface area contributed by atoms with Crippen molar-refractivity contribution in [1.29, 1.82) is 0 Å². The van der Waals surface area contributed by atoms with Crippen LogP contribution >= 0.6 is 0 Å². The predicted octanol–water partition coefficient (Wildman–Crippen LogP) is 4.08. The molecule has 1 aromatic heterocycles. The first-order valence-electron chi connectivity index (χ1n) is 11.4. The summed E-state index contributed by atoms with van der Waals surface area (Å²) in [6, 6.07) is 37.8. The second-order valence-corrected chi connectivity index (χ2v) is 8.29. The maximum atomic E-state index is 10.3. The third-order valence-corrected chi connectivity index (χ3v) is 6.30. The molecule has 0 aliphatic rings. The molecular weight excluding hydrogens is 435 g/mol. The van der Waals surface area contributed by atoms with Gasteiger partial charge in [0.15, 0.2) is 0 Å². The summed E-state index contributed by atoms with van der Waals surface area (Å²) in [5.74, 6) is 0.714. The Morgan fingerprint density at radius 3 is 1.54 bits per heavy atom. The Hall–Kier alpha value is -4.13. The van der Waals surface area contributed by atoms with Crippen molar-refractivity contribution in [3.8, 4) is 17.0 Å². The van der Waals surface area contributed by atoms with Crippen molar-refractivity contribution in [2.24, 2.45) is 0 Å². The minimum atomic E-state index is -1.69. The maximum absolute atomic E-state index is 10.3. The third kappa shape index (κ3) is 4.03. The van der Waals surface area contributed by atoms with Gasteiger partial charge in [0, 0.05) is 17.2 Å². The molecule has 0 fully saturated rings. The van der Waals surface area contributed by atoms with Gasteiger partial charge < -0.3 is 14.8 Å². The van der Waals surface area contributed by atoms with Crippen molar-refractivity contribution in [2.75, 3.05) is 7.11 Å². The Morgan fingerprint density at radius 2 is 1.14 bits per heavy atom. The Morgan fingerprint density at radius 1 is 0.686 bits per heavy atom. The molecule has 0 spiro atoms. The molecule has 0 aliphatic heterocycles. The smallest absolute Gasteiger partial charge is 0.492 e. The fourth-order valence-electron chi connectivity index (χ4n) is 4.66. The molecule has 172 valence electrons. The van der Waals surface area contributed by atoms with E-state index >= 15 is 0 Å². The van der Waals surface area contributed by atoms with Crippen molar-refractivity contribution in [1.82, 2.24) is 9.78 Å². The number of benzene rings is 4. The van der Waals surface area contributed by atoms with Crippen LogP contribution in [0.5, 0.6) is 5.75 Å². The van der Waals surface area contributed by atoms with Gasteiger partial charge in [-0.25, -0.2) is 0 Å². The van der Waals surface area contributed by atoms with E-state index in [-0.39, 0.29) is 0 Å². The molecule has 2 N–H and O–H groups in total. The van der Waals surface area contributed by atoms with Crippen LogP contribution in [0, 0.1) is 0 Å². The van der Waals surface area contributed by atoms with Crippen LogP contribution in [0.15, 0.2) is 121 Å². The summed E-state index contributed by atoms with van der Waals surface area (Å²) in [4.78, 5) is 0. The summed E-state index contributed by atoms with van der Waals surface area (Å²) >= 11 is 0. The fraction of sp³-hybridized carbons (Fsp3) is 0.0690. The summed E-state index contributed by atoms with van der Waals surface area (Å²) in [6.45, 7) is 0. The van der Waals surface area contributed by atoms with Crippen molar-refractivity contribution < 1.29 is 14.8 Å². The highest BCUT2D eigenvalue weighted by atomic mass is 16.5. The molecule has 0 atom stereocenters. The van der Waals surface area contributed by atoms with Crippen LogP contribution in [0.2, 0.25) is 0 Å². The van der Waals surface area contributed by atoms with Gasteiger partial charge in [-0.15, -0.1) is 0 Å². The normalized spacial score (nSPS) is 11.3. The molecule has 0 aliphatic carbocycles. The average molecular weight is 460 g/mol. The minimum absolute atomic E-state index is 0.322. The molecule has 0 amide bonds. The summed E-state index contributed by atoms with van der Waals surface area (Å²) < 4.78 is 7.14. The minimum Gasteiger partial charge on any atom is -0.497 e. The monoisotopic (exact) mass is 460 g/mol. The first-order chi connectivity index (χ1) is 17.1. The van der Waals surface area contributed by atoms with E-state index in [1.54, 1.807) is 13.3 Å². The van der Waals surface area contributed by atoms with E-state index in [0.717, 1.165) is 22.3 Å². The van der Waals surface area contributed by atoms with Gasteiger partial charge in [0.1, 0.15) is 11.3 Å². The lowest BCUT2D eigenvalue weighted by Gasteiger charge is -2.36. The molecule has 0 saturated heterocycles. The molecule has 5 rings (SSSR count). The number of ether oxygens (including phenoxy) is 1. The molecule has 0 saturated carbocycles. The molecule has 35 heavy (non-hydrogen) atoms. The number of hydrogen-bond donors (Lipinski definition) is 2. The zero-order valence-corrected chi connectivity index (χ0v) is 19.3. The van der Waals surface area contributed by atoms with Gasteiger partial charge in [-0.1, -0.05) is 91.0 Å². The molecule has 0 radical (unpaired) electrons. The van der Waals surface area contributed by atoms with E-state index in [1.165, 1.54) is 0 Å². The Kier molecular flexibility index (Phi) is 6.23. The van der Waals surface area contributed by atoms with Gasteiger partial charge in [0.25, 0.3) is 0 Å². The molecule has 5 nitrogen and oxygen atoms in total. The maximum Gasteiger partial charge on any atom is 0.492 e. The number of hydrogen-bond acceptors (Lipinski definition) is 4. The Bertz CT molecular complexity index is 1290. The zero-order chi connectivity index (χ0) is 24.3. The molecule has 0 bridgehead atoms. The lowest BCUT2D eigenvalue weighted by molar-refractivity contribution is 0.415. The predicted molar refractivity (Wildman–Crippen MR) is 139 cm³/mol. The van der Waals surface area contributed by atoms with Crippen LogP contribution < -0.4 is 10.2 Å². The summed E-state index contributed by atoms with van der Waals surface area (Å²) in [6.07, 6.45) is 1.73. The SMILES string of the molecule is COc1ccc(-c2nn(C(c3ccccc3)(c3ccccc3)c3ccccc3)cc2B(O)O)cc1. The van der Waals surface area contributed by atoms with Crippen LogP contribution in [0.4, 0.5) is 0 Å². The standard InChI is InChI=1S/C29H25BN2O3/c1-35-26-19-17-22(18-20-26)28-27(30(33)34)21-32(31-28)29(23-11-5-2-6-12-23,24-13-7-3-8-14-24)25-15-9-4-10-16-25/h2-21,33-34H,1H3. The fourth-order valence-corrected chi connectivity index (χ4v) is 4.66. The van der Waals surface area contributed by atoms with Gasteiger partial charge in [-0.2, -0.15) is 5.10 Å². The van der Waals surface area contributed by atoms with Gasteiger partial charge in [-0.3, -0.25) is 4.68 Å². The molecule has 0 unspecified atom stereocenters.